The Kier molecular flexibility index (Phi) is 3.79. The first-order chi connectivity index (χ1) is 4.63. The summed E-state index contributed by atoms with van der Waals surface area (Å²) >= 11 is 0. The second kappa shape index (κ2) is 4.11. The fraction of sp³-hybridized carbons (Fsp3) is 0.833. The van der Waals surface area contributed by atoms with Gasteiger partial charge in [0.2, 0.25) is 5.96 Å². The Hall–Kier alpha value is -0.770. The molecule has 0 aliphatic rings. The number of nitrogens with two attached hydrogens (primary N) is 1. The molecular formula is C6H16N4. The highest BCUT2D eigenvalue weighted by molar-refractivity contribution is 5.77. The van der Waals surface area contributed by atoms with Gasteiger partial charge in [0, 0.05) is 27.7 Å². The summed E-state index contributed by atoms with van der Waals surface area (Å²) in [7, 11) is 5.51. The SMILES string of the molecule is CCN(C)N(C)C(N)=NC. The molecule has 10 heavy (non-hydrogen) atoms. The lowest BCUT2D eigenvalue weighted by Crippen LogP contribution is -2.45. The van der Waals surface area contributed by atoms with Gasteiger partial charge >= 0.3 is 0 Å². The van der Waals surface area contributed by atoms with E-state index < -0.39 is 0 Å². The average molecular weight is 144 g/mol. The van der Waals surface area contributed by atoms with E-state index in [0.29, 0.717) is 5.96 Å². The summed E-state index contributed by atoms with van der Waals surface area (Å²) in [4.78, 5) is 3.84. The molecule has 0 radical (unpaired) electrons. The molecule has 0 aliphatic heterocycles. The maximum absolute atomic E-state index is 5.53. The van der Waals surface area contributed by atoms with Crippen molar-refractivity contribution in [1.29, 1.82) is 0 Å². The maximum Gasteiger partial charge on any atom is 0.205 e. The summed E-state index contributed by atoms with van der Waals surface area (Å²) in [6.45, 7) is 2.98. The number of hydrogen-bond donors (Lipinski definition) is 1. The highest BCUT2D eigenvalue weighted by Crippen LogP contribution is 1.87. The van der Waals surface area contributed by atoms with Gasteiger partial charge in [-0.25, -0.2) is 5.01 Å². The smallest absolute Gasteiger partial charge is 0.205 e. The average Bonchev–Trinajstić information content (AvgIpc) is 2.00. The first-order valence-electron chi connectivity index (χ1n) is 3.30. The number of nitrogens with zero attached hydrogens (tertiary/aromatic N) is 3. The van der Waals surface area contributed by atoms with Gasteiger partial charge in [0.05, 0.1) is 0 Å². The normalized spacial score (nSPS) is 12.3. The summed E-state index contributed by atoms with van der Waals surface area (Å²) in [6, 6.07) is 0. The van der Waals surface area contributed by atoms with Gasteiger partial charge in [0.25, 0.3) is 0 Å². The molecule has 4 heteroatoms. The summed E-state index contributed by atoms with van der Waals surface area (Å²) in [5, 5.41) is 3.78. The van der Waals surface area contributed by atoms with Crippen LogP contribution in [0.5, 0.6) is 0 Å². The number of aliphatic imine (C=N–C) groups is 1. The molecule has 0 saturated heterocycles. The van der Waals surface area contributed by atoms with Crippen LogP contribution in [0.3, 0.4) is 0 Å². The molecule has 0 saturated carbocycles. The quantitative estimate of drug-likeness (QED) is 0.329. The Labute approximate surface area is 62.3 Å². The van der Waals surface area contributed by atoms with E-state index >= 15 is 0 Å². The van der Waals surface area contributed by atoms with E-state index in [-0.39, 0.29) is 0 Å². The molecule has 0 heterocycles. The molecule has 60 valence electrons. The fourth-order valence-corrected chi connectivity index (χ4v) is 0.532. The van der Waals surface area contributed by atoms with Gasteiger partial charge in [0.15, 0.2) is 0 Å². The van der Waals surface area contributed by atoms with Crippen molar-refractivity contribution in [3.63, 3.8) is 0 Å². The molecule has 0 atom stereocenters. The van der Waals surface area contributed by atoms with E-state index in [1.807, 2.05) is 19.1 Å². The van der Waals surface area contributed by atoms with Gasteiger partial charge in [0.1, 0.15) is 0 Å². The minimum absolute atomic E-state index is 0.532. The second-order valence-corrected chi connectivity index (χ2v) is 2.08. The second-order valence-electron chi connectivity index (χ2n) is 2.08. The standard InChI is InChI=1S/C6H16N4/c1-5-9(3)10(4)6(7)8-2/h5H2,1-4H3,(H2,7,8). The number of hydrazine groups is 1. The van der Waals surface area contributed by atoms with Crippen molar-refractivity contribution in [1.82, 2.24) is 10.0 Å². The van der Waals surface area contributed by atoms with Gasteiger partial charge in [-0.3, -0.25) is 10.0 Å². The molecular weight excluding hydrogens is 128 g/mol. The van der Waals surface area contributed by atoms with E-state index in [1.54, 1.807) is 12.1 Å². The molecule has 4 nitrogen and oxygen atoms in total. The van der Waals surface area contributed by atoms with Gasteiger partial charge in [-0.05, 0) is 0 Å². The van der Waals surface area contributed by atoms with Gasteiger partial charge in [-0.2, -0.15) is 0 Å². The fourth-order valence-electron chi connectivity index (χ4n) is 0.532. The predicted molar refractivity (Wildman–Crippen MR) is 43.6 cm³/mol. The van der Waals surface area contributed by atoms with E-state index in [9.17, 15) is 0 Å². The highest BCUT2D eigenvalue weighted by atomic mass is 15.6. The minimum Gasteiger partial charge on any atom is -0.369 e. The Morgan fingerprint density at radius 2 is 2.00 bits per heavy atom. The highest BCUT2D eigenvalue weighted by Gasteiger charge is 2.03. The van der Waals surface area contributed by atoms with Crippen LogP contribution in [0.2, 0.25) is 0 Å². The van der Waals surface area contributed by atoms with Crippen molar-refractivity contribution in [2.75, 3.05) is 27.7 Å². The van der Waals surface area contributed by atoms with E-state index in [1.165, 1.54) is 0 Å². The van der Waals surface area contributed by atoms with Crippen LogP contribution in [0.1, 0.15) is 6.92 Å². The third kappa shape index (κ3) is 2.23. The number of guanidine groups is 1. The van der Waals surface area contributed by atoms with Crippen LogP contribution in [-0.2, 0) is 0 Å². The Morgan fingerprint density at radius 3 is 2.30 bits per heavy atom. The monoisotopic (exact) mass is 144 g/mol. The first-order valence-corrected chi connectivity index (χ1v) is 3.30. The van der Waals surface area contributed by atoms with Crippen molar-refractivity contribution in [2.24, 2.45) is 10.7 Å². The van der Waals surface area contributed by atoms with Crippen LogP contribution in [0.25, 0.3) is 0 Å². The molecule has 0 spiro atoms. The molecule has 0 amide bonds. The predicted octanol–water partition coefficient (Wildman–Crippen LogP) is -0.271. The molecule has 0 rings (SSSR count). The van der Waals surface area contributed by atoms with Gasteiger partial charge in [-0.1, -0.05) is 6.92 Å². The Bertz CT molecular complexity index is 121. The van der Waals surface area contributed by atoms with E-state index in [0.717, 1.165) is 6.54 Å². The zero-order valence-corrected chi connectivity index (χ0v) is 7.13. The van der Waals surface area contributed by atoms with Crippen LogP contribution in [0.4, 0.5) is 0 Å². The molecule has 2 N–H and O–H groups in total. The minimum atomic E-state index is 0.532. The summed E-state index contributed by atoms with van der Waals surface area (Å²) in [5.41, 5.74) is 5.53. The molecule has 0 fully saturated rings. The summed E-state index contributed by atoms with van der Waals surface area (Å²) in [6.07, 6.45) is 0. The van der Waals surface area contributed by atoms with Gasteiger partial charge < -0.3 is 5.73 Å². The zero-order valence-electron chi connectivity index (χ0n) is 7.13. The van der Waals surface area contributed by atoms with Gasteiger partial charge in [-0.15, -0.1) is 0 Å². The van der Waals surface area contributed by atoms with Crippen molar-refractivity contribution < 1.29 is 0 Å². The third-order valence-corrected chi connectivity index (χ3v) is 1.53. The third-order valence-electron chi connectivity index (χ3n) is 1.53. The number of hydrogen-bond acceptors (Lipinski definition) is 2. The molecule has 0 aromatic carbocycles. The lowest BCUT2D eigenvalue weighted by molar-refractivity contribution is 0.112. The lowest BCUT2D eigenvalue weighted by Gasteiger charge is -2.27. The van der Waals surface area contributed by atoms with Crippen LogP contribution in [0, 0.1) is 0 Å². The summed E-state index contributed by atoms with van der Waals surface area (Å²) < 4.78 is 0. The maximum atomic E-state index is 5.53. The van der Waals surface area contributed by atoms with Crippen molar-refractivity contribution in [3.05, 3.63) is 0 Å². The first kappa shape index (κ1) is 9.23. The van der Waals surface area contributed by atoms with Crippen LogP contribution in [-0.4, -0.2) is 43.7 Å². The lowest BCUT2D eigenvalue weighted by atomic mass is 10.7. The molecule has 0 aliphatic carbocycles. The Balaban J connectivity index is 3.94. The number of rotatable bonds is 2. The molecule has 0 bridgehead atoms. The van der Waals surface area contributed by atoms with E-state index in [4.69, 9.17) is 5.73 Å². The van der Waals surface area contributed by atoms with Crippen molar-refractivity contribution >= 4 is 5.96 Å². The van der Waals surface area contributed by atoms with Crippen LogP contribution in [0.15, 0.2) is 4.99 Å². The van der Waals surface area contributed by atoms with Crippen LogP contribution >= 0.6 is 0 Å². The summed E-state index contributed by atoms with van der Waals surface area (Å²) in [5.74, 6) is 0.532. The molecule has 0 unspecified atom stereocenters. The molecule has 0 aromatic rings. The largest absolute Gasteiger partial charge is 0.369 e. The van der Waals surface area contributed by atoms with Crippen LogP contribution < -0.4 is 5.73 Å². The Morgan fingerprint density at radius 1 is 1.50 bits per heavy atom. The zero-order chi connectivity index (χ0) is 8.15. The topological polar surface area (TPSA) is 44.9 Å². The van der Waals surface area contributed by atoms with Crippen molar-refractivity contribution in [2.45, 2.75) is 6.92 Å². The van der Waals surface area contributed by atoms with E-state index in [2.05, 4.69) is 11.9 Å². The van der Waals surface area contributed by atoms with Crippen molar-refractivity contribution in [3.8, 4) is 0 Å². The molecule has 0 aromatic heterocycles.